The first-order chi connectivity index (χ1) is 4.30. The molecule has 9 heavy (non-hydrogen) atoms. The summed E-state index contributed by atoms with van der Waals surface area (Å²) in [4.78, 5) is 13.7. The second-order valence-corrected chi connectivity index (χ2v) is 1.45. The van der Waals surface area contributed by atoms with Gasteiger partial charge in [-0.05, 0) is 0 Å². The quantitative estimate of drug-likeness (QED) is 0.539. The van der Waals surface area contributed by atoms with Crippen molar-refractivity contribution in [2.75, 3.05) is 6.73 Å². The molecule has 1 aliphatic heterocycles. The molecule has 0 saturated heterocycles. The summed E-state index contributed by atoms with van der Waals surface area (Å²) in [5, 5.41) is 8.30. The first kappa shape index (κ1) is 5.81. The lowest BCUT2D eigenvalue weighted by Crippen LogP contribution is -2.13. The summed E-state index contributed by atoms with van der Waals surface area (Å²) in [6.07, 6.45) is 2.63. The second-order valence-electron chi connectivity index (χ2n) is 1.45. The van der Waals surface area contributed by atoms with Crippen LogP contribution in [0.25, 0.3) is 0 Å². The van der Waals surface area contributed by atoms with Crippen molar-refractivity contribution in [1.82, 2.24) is 0 Å². The van der Waals surface area contributed by atoms with E-state index >= 15 is 0 Å². The minimum atomic E-state index is -1.02. The van der Waals surface area contributed by atoms with Gasteiger partial charge in [-0.2, -0.15) is 0 Å². The summed E-state index contributed by atoms with van der Waals surface area (Å²) >= 11 is 0. The zero-order chi connectivity index (χ0) is 6.69. The molecule has 1 heterocycles. The van der Waals surface area contributed by atoms with Crippen molar-refractivity contribution in [3.8, 4) is 0 Å². The Balaban J connectivity index is 2.69. The van der Waals surface area contributed by atoms with Crippen LogP contribution in [-0.2, 0) is 9.53 Å². The number of hydrogen-bond donors (Lipinski definition) is 1. The second kappa shape index (κ2) is 2.30. The Morgan fingerprint density at radius 3 is 3.00 bits per heavy atom. The standard InChI is InChI=1S/C5H5NO3/c7-5(8)4-1-2-9-3-6-4/h1-2H,3H2,(H,7,8). The van der Waals surface area contributed by atoms with Gasteiger partial charge in [0.2, 0.25) is 0 Å². The molecule has 0 aromatic rings. The molecule has 0 radical (unpaired) electrons. The molecule has 1 N–H and O–H groups in total. The number of aliphatic carboxylic acids is 1. The lowest BCUT2D eigenvalue weighted by Gasteiger charge is -2.01. The van der Waals surface area contributed by atoms with Crippen LogP contribution in [0.1, 0.15) is 0 Å². The summed E-state index contributed by atoms with van der Waals surface area (Å²) in [6.45, 7) is 0.109. The van der Waals surface area contributed by atoms with Crippen molar-refractivity contribution in [3.63, 3.8) is 0 Å². The third-order valence-electron chi connectivity index (χ3n) is 0.851. The molecule has 0 aromatic heterocycles. The third kappa shape index (κ3) is 1.28. The van der Waals surface area contributed by atoms with E-state index in [-0.39, 0.29) is 12.4 Å². The van der Waals surface area contributed by atoms with Crippen LogP contribution >= 0.6 is 0 Å². The number of carbonyl (C=O) groups is 1. The average molecular weight is 127 g/mol. The summed E-state index contributed by atoms with van der Waals surface area (Å²) in [6, 6.07) is 0. The summed E-state index contributed by atoms with van der Waals surface area (Å²) in [5.41, 5.74) is 0.0428. The van der Waals surface area contributed by atoms with Gasteiger partial charge in [0.05, 0.1) is 6.26 Å². The maximum atomic E-state index is 10.1. The van der Waals surface area contributed by atoms with E-state index in [0.717, 1.165) is 0 Å². The molecule has 0 spiro atoms. The zero-order valence-electron chi connectivity index (χ0n) is 4.57. The normalized spacial score (nSPS) is 16.2. The van der Waals surface area contributed by atoms with E-state index in [2.05, 4.69) is 9.73 Å². The van der Waals surface area contributed by atoms with E-state index in [4.69, 9.17) is 5.11 Å². The van der Waals surface area contributed by atoms with Gasteiger partial charge < -0.3 is 9.84 Å². The van der Waals surface area contributed by atoms with Gasteiger partial charge in [0.1, 0.15) is 5.71 Å². The summed E-state index contributed by atoms with van der Waals surface area (Å²) in [5.74, 6) is -1.02. The lowest BCUT2D eigenvalue weighted by molar-refractivity contribution is -0.129. The van der Waals surface area contributed by atoms with E-state index in [1.54, 1.807) is 0 Å². The number of ether oxygens (including phenoxy) is 1. The number of nitrogens with zero attached hydrogens (tertiary/aromatic N) is 1. The van der Waals surface area contributed by atoms with Crippen molar-refractivity contribution in [3.05, 3.63) is 12.3 Å². The predicted octanol–water partition coefficient (Wildman–Crippen LogP) is 0.0134. The average Bonchev–Trinajstić information content (AvgIpc) is 1.90. The van der Waals surface area contributed by atoms with E-state index < -0.39 is 5.97 Å². The Hall–Kier alpha value is -1.32. The Kier molecular flexibility index (Phi) is 1.48. The molecule has 48 valence electrons. The molecule has 1 rings (SSSR count). The Bertz CT molecular complexity index is 183. The van der Waals surface area contributed by atoms with Crippen molar-refractivity contribution in [2.24, 2.45) is 4.99 Å². The molecule has 0 fully saturated rings. The molecule has 0 unspecified atom stereocenters. The largest absolute Gasteiger partial charge is 0.479 e. The van der Waals surface area contributed by atoms with Gasteiger partial charge in [0.25, 0.3) is 0 Å². The van der Waals surface area contributed by atoms with Gasteiger partial charge in [-0.15, -0.1) is 0 Å². The Morgan fingerprint density at radius 1 is 1.89 bits per heavy atom. The molecule has 0 aliphatic carbocycles. The van der Waals surface area contributed by atoms with Crippen molar-refractivity contribution in [1.29, 1.82) is 0 Å². The molecule has 0 amide bonds. The fourth-order valence-electron chi connectivity index (χ4n) is 0.454. The molecule has 0 saturated carbocycles. The summed E-state index contributed by atoms with van der Waals surface area (Å²) < 4.78 is 4.62. The van der Waals surface area contributed by atoms with Crippen LogP contribution in [0.5, 0.6) is 0 Å². The van der Waals surface area contributed by atoms with Crippen molar-refractivity contribution >= 4 is 11.7 Å². The fraction of sp³-hybridized carbons (Fsp3) is 0.200. The van der Waals surface area contributed by atoms with Gasteiger partial charge in [-0.25, -0.2) is 9.79 Å². The maximum Gasteiger partial charge on any atom is 0.354 e. The fourth-order valence-corrected chi connectivity index (χ4v) is 0.454. The zero-order valence-corrected chi connectivity index (χ0v) is 4.57. The Morgan fingerprint density at radius 2 is 2.67 bits per heavy atom. The van der Waals surface area contributed by atoms with Gasteiger partial charge in [-0.3, -0.25) is 0 Å². The molecule has 4 nitrogen and oxygen atoms in total. The van der Waals surface area contributed by atoms with Crippen LogP contribution < -0.4 is 0 Å². The monoisotopic (exact) mass is 127 g/mol. The van der Waals surface area contributed by atoms with Gasteiger partial charge in [0, 0.05) is 6.08 Å². The first-order valence-corrected chi connectivity index (χ1v) is 2.36. The van der Waals surface area contributed by atoms with Crippen LogP contribution in [0.3, 0.4) is 0 Å². The van der Waals surface area contributed by atoms with Gasteiger partial charge >= 0.3 is 5.97 Å². The molecule has 1 aliphatic rings. The number of rotatable bonds is 1. The van der Waals surface area contributed by atoms with E-state index in [1.165, 1.54) is 12.3 Å². The highest BCUT2D eigenvalue weighted by Gasteiger charge is 2.06. The van der Waals surface area contributed by atoms with E-state index in [9.17, 15) is 4.79 Å². The summed E-state index contributed by atoms with van der Waals surface area (Å²) in [7, 11) is 0. The van der Waals surface area contributed by atoms with Crippen molar-refractivity contribution in [2.45, 2.75) is 0 Å². The predicted molar refractivity (Wildman–Crippen MR) is 30.2 cm³/mol. The van der Waals surface area contributed by atoms with Crippen LogP contribution in [0.4, 0.5) is 0 Å². The minimum Gasteiger partial charge on any atom is -0.479 e. The lowest BCUT2D eigenvalue weighted by atomic mass is 10.3. The molecular formula is C5H5NO3. The van der Waals surface area contributed by atoms with Crippen LogP contribution in [-0.4, -0.2) is 23.5 Å². The van der Waals surface area contributed by atoms with Crippen LogP contribution in [0.15, 0.2) is 17.3 Å². The van der Waals surface area contributed by atoms with Crippen LogP contribution in [0, 0.1) is 0 Å². The van der Waals surface area contributed by atoms with Crippen molar-refractivity contribution < 1.29 is 14.6 Å². The van der Waals surface area contributed by atoms with E-state index in [0.29, 0.717) is 0 Å². The number of hydrogen-bond acceptors (Lipinski definition) is 3. The number of aliphatic imine (C=N–C) groups is 1. The molecule has 0 aromatic carbocycles. The van der Waals surface area contributed by atoms with E-state index in [1.807, 2.05) is 0 Å². The van der Waals surface area contributed by atoms with Gasteiger partial charge in [0.15, 0.2) is 6.73 Å². The Labute approximate surface area is 51.5 Å². The van der Waals surface area contributed by atoms with Gasteiger partial charge in [-0.1, -0.05) is 0 Å². The number of carboxylic acids is 1. The topological polar surface area (TPSA) is 58.9 Å². The number of carboxylic acid groups (broad SMARTS) is 1. The smallest absolute Gasteiger partial charge is 0.354 e. The molecule has 4 heteroatoms. The minimum absolute atomic E-state index is 0.0428. The highest BCUT2D eigenvalue weighted by Crippen LogP contribution is 1.92. The highest BCUT2D eigenvalue weighted by molar-refractivity contribution is 6.40. The molecular weight excluding hydrogens is 122 g/mol. The maximum absolute atomic E-state index is 10.1. The van der Waals surface area contributed by atoms with Crippen LogP contribution in [0.2, 0.25) is 0 Å². The molecule has 0 bridgehead atoms. The SMILES string of the molecule is O=C(O)C1=NCOC=C1. The third-order valence-corrected chi connectivity index (χ3v) is 0.851. The highest BCUT2D eigenvalue weighted by atomic mass is 16.5. The first-order valence-electron chi connectivity index (χ1n) is 2.36. The molecule has 0 atom stereocenters.